The molecule has 1 unspecified atom stereocenters. The van der Waals surface area contributed by atoms with Crippen LogP contribution in [-0.2, 0) is 4.74 Å². The Bertz CT molecular complexity index is 889. The first-order chi connectivity index (χ1) is 14.2. The van der Waals surface area contributed by atoms with Gasteiger partial charge in [-0.3, -0.25) is 0 Å². The van der Waals surface area contributed by atoms with Crippen molar-refractivity contribution >= 4 is 38.1 Å². The molecule has 0 spiro atoms. The average Bonchev–Trinajstić information content (AvgIpc) is 2.78. The summed E-state index contributed by atoms with van der Waals surface area (Å²) in [6, 6.07) is 18.1. The highest BCUT2D eigenvalue weighted by Gasteiger charge is 2.36. The van der Waals surface area contributed by atoms with Crippen LogP contribution >= 0.6 is 27.5 Å². The zero-order chi connectivity index (χ0) is 20.5. The van der Waals surface area contributed by atoms with Gasteiger partial charge in [0.2, 0.25) is 0 Å². The highest BCUT2D eigenvalue weighted by molar-refractivity contribution is 9.09. The normalized spacial score (nSPS) is 19.1. The van der Waals surface area contributed by atoms with Crippen molar-refractivity contribution in [3.05, 3.63) is 90.0 Å². The molecule has 0 saturated heterocycles. The minimum Gasteiger partial charge on any atom is -0.497 e. The molecule has 2 nitrogen and oxygen atoms in total. The molecule has 3 rings (SSSR count). The van der Waals surface area contributed by atoms with E-state index in [9.17, 15) is 0 Å². The van der Waals surface area contributed by atoms with E-state index in [0.717, 1.165) is 47.0 Å². The molecule has 0 amide bonds. The van der Waals surface area contributed by atoms with Crippen molar-refractivity contribution < 1.29 is 9.47 Å². The van der Waals surface area contributed by atoms with E-state index in [0.29, 0.717) is 11.6 Å². The zero-order valence-electron chi connectivity index (χ0n) is 16.6. The van der Waals surface area contributed by atoms with Crippen LogP contribution in [0.3, 0.4) is 0 Å². The van der Waals surface area contributed by atoms with E-state index in [2.05, 4.69) is 46.3 Å². The highest BCUT2D eigenvalue weighted by Crippen LogP contribution is 2.44. The Kier molecular flexibility index (Phi) is 8.17. The maximum atomic E-state index is 7.08. The second-order valence-electron chi connectivity index (χ2n) is 6.91. The van der Waals surface area contributed by atoms with Gasteiger partial charge in [-0.25, -0.2) is 0 Å². The van der Waals surface area contributed by atoms with Gasteiger partial charge in [0.15, 0.2) is 0 Å². The number of alkyl halides is 1. The Morgan fingerprint density at radius 2 is 1.83 bits per heavy atom. The molecule has 0 bridgehead atoms. The number of halogens is 2. The van der Waals surface area contributed by atoms with Crippen LogP contribution in [0.25, 0.3) is 10.6 Å². The van der Waals surface area contributed by atoms with E-state index in [1.165, 1.54) is 0 Å². The largest absolute Gasteiger partial charge is 0.497 e. The molecule has 0 fully saturated rings. The van der Waals surface area contributed by atoms with Crippen LogP contribution < -0.4 is 4.74 Å². The fraction of sp³-hybridized carbons (Fsp3) is 0.280. The summed E-state index contributed by atoms with van der Waals surface area (Å²) in [4.78, 5) is 0. The number of hydrogen-bond donors (Lipinski definition) is 0. The van der Waals surface area contributed by atoms with Crippen LogP contribution in [-0.4, -0.2) is 24.6 Å². The number of benzene rings is 2. The molecule has 0 heterocycles. The third-order valence-corrected chi connectivity index (χ3v) is 5.92. The Morgan fingerprint density at radius 1 is 1.03 bits per heavy atom. The highest BCUT2D eigenvalue weighted by atomic mass is 79.9. The first kappa shape index (κ1) is 21.9. The van der Waals surface area contributed by atoms with Crippen molar-refractivity contribution in [1.29, 1.82) is 0 Å². The van der Waals surface area contributed by atoms with E-state index in [4.69, 9.17) is 21.1 Å². The molecule has 1 aliphatic rings. The van der Waals surface area contributed by atoms with Gasteiger partial charge in [0.05, 0.1) is 12.1 Å². The van der Waals surface area contributed by atoms with Crippen molar-refractivity contribution in [3.8, 4) is 5.75 Å². The van der Waals surface area contributed by atoms with Crippen molar-refractivity contribution in [1.82, 2.24) is 0 Å². The quantitative estimate of drug-likeness (QED) is 0.217. The minimum atomic E-state index is -0.609. The number of hydrogen-bond acceptors (Lipinski definition) is 2. The van der Waals surface area contributed by atoms with Gasteiger partial charge in [0, 0.05) is 23.9 Å². The van der Waals surface area contributed by atoms with Gasteiger partial charge in [-0.2, -0.15) is 0 Å². The van der Waals surface area contributed by atoms with Gasteiger partial charge < -0.3 is 9.47 Å². The maximum Gasteiger partial charge on any atom is 0.119 e. The third-order valence-electron chi connectivity index (χ3n) is 4.95. The summed E-state index contributed by atoms with van der Waals surface area (Å²) in [5.41, 5.74) is 2.34. The summed E-state index contributed by atoms with van der Waals surface area (Å²) < 4.78 is 12.0. The van der Waals surface area contributed by atoms with Crippen LogP contribution in [0.15, 0.2) is 78.9 Å². The molecule has 29 heavy (non-hydrogen) atoms. The first-order valence-corrected chi connectivity index (χ1v) is 11.3. The molecule has 4 heteroatoms. The molecular formula is C25H26BrClO2. The minimum absolute atomic E-state index is 0.609. The van der Waals surface area contributed by atoms with E-state index >= 15 is 0 Å². The topological polar surface area (TPSA) is 18.5 Å². The van der Waals surface area contributed by atoms with Crippen LogP contribution in [0.5, 0.6) is 5.75 Å². The number of unbranched alkanes of at least 4 members (excludes halogenated alkanes) is 1. The summed E-state index contributed by atoms with van der Waals surface area (Å²) in [6.07, 6.45) is 11.2. The first-order valence-electron chi connectivity index (χ1n) is 9.84. The monoisotopic (exact) mass is 472 g/mol. The molecule has 2 aromatic carbocycles. The maximum absolute atomic E-state index is 7.08. The molecule has 0 radical (unpaired) electrons. The summed E-state index contributed by atoms with van der Waals surface area (Å²) in [5, 5.41) is 1.65. The number of ether oxygens (including phenoxy) is 2. The van der Waals surface area contributed by atoms with Gasteiger partial charge in [-0.15, -0.1) is 0 Å². The number of rotatable bonds is 9. The van der Waals surface area contributed by atoms with Crippen molar-refractivity contribution in [2.24, 2.45) is 0 Å². The second kappa shape index (κ2) is 10.8. The van der Waals surface area contributed by atoms with Crippen molar-refractivity contribution in [2.75, 3.05) is 19.0 Å². The molecule has 1 aliphatic carbocycles. The molecule has 0 N–H and O–H groups in total. The van der Waals surface area contributed by atoms with E-state index < -0.39 is 5.60 Å². The SMILES string of the molecule is COc1cccc(C(Cl)=C(c2ccccc2)C2(OCCCCBr)C=CC=CC2)c1. The Balaban J connectivity index is 2.12. The van der Waals surface area contributed by atoms with Gasteiger partial charge in [-0.1, -0.05) is 88.2 Å². The van der Waals surface area contributed by atoms with E-state index in [-0.39, 0.29) is 0 Å². The molecular weight excluding hydrogens is 448 g/mol. The predicted molar refractivity (Wildman–Crippen MR) is 127 cm³/mol. The van der Waals surface area contributed by atoms with Crippen LogP contribution in [0, 0.1) is 0 Å². The lowest BCUT2D eigenvalue weighted by atomic mass is 9.81. The third kappa shape index (κ3) is 5.42. The lowest BCUT2D eigenvalue weighted by molar-refractivity contribution is 0.0352. The molecule has 2 aromatic rings. The summed E-state index contributed by atoms with van der Waals surface area (Å²) in [7, 11) is 1.66. The zero-order valence-corrected chi connectivity index (χ0v) is 19.0. The summed E-state index contributed by atoms with van der Waals surface area (Å²) in [5.74, 6) is 0.777. The smallest absolute Gasteiger partial charge is 0.119 e. The van der Waals surface area contributed by atoms with Gasteiger partial charge in [0.25, 0.3) is 0 Å². The van der Waals surface area contributed by atoms with Crippen molar-refractivity contribution in [3.63, 3.8) is 0 Å². The fourth-order valence-electron chi connectivity index (χ4n) is 3.48. The number of allylic oxidation sites excluding steroid dienone is 2. The number of methoxy groups -OCH3 is 1. The lowest BCUT2D eigenvalue weighted by Crippen LogP contribution is -2.33. The van der Waals surface area contributed by atoms with E-state index in [1.54, 1.807) is 7.11 Å². The van der Waals surface area contributed by atoms with Crippen LogP contribution in [0.1, 0.15) is 30.4 Å². The average molecular weight is 474 g/mol. The standard InChI is InChI=1S/C25H26BrClO2/c1-28-22-14-10-13-21(19-22)24(27)23(20-11-4-2-5-12-20)25(15-6-3-7-16-25)29-18-9-8-17-26/h2-7,10-15,19H,8-9,16-18H2,1H3. The molecule has 152 valence electrons. The van der Waals surface area contributed by atoms with Gasteiger partial charge in [-0.05, 0) is 42.2 Å². The summed E-state index contributed by atoms with van der Waals surface area (Å²) >= 11 is 10.6. The molecule has 0 saturated carbocycles. The molecule has 0 aromatic heterocycles. The van der Waals surface area contributed by atoms with Crippen molar-refractivity contribution in [2.45, 2.75) is 24.9 Å². The molecule has 0 aliphatic heterocycles. The predicted octanol–water partition coefficient (Wildman–Crippen LogP) is 7.25. The van der Waals surface area contributed by atoms with Gasteiger partial charge in [0.1, 0.15) is 11.4 Å². The van der Waals surface area contributed by atoms with Crippen LogP contribution in [0.2, 0.25) is 0 Å². The Labute approximate surface area is 187 Å². The van der Waals surface area contributed by atoms with E-state index in [1.807, 2.05) is 48.5 Å². The van der Waals surface area contributed by atoms with Crippen LogP contribution in [0.4, 0.5) is 0 Å². The lowest BCUT2D eigenvalue weighted by Gasteiger charge is -2.35. The second-order valence-corrected chi connectivity index (χ2v) is 8.08. The Morgan fingerprint density at radius 3 is 2.52 bits per heavy atom. The van der Waals surface area contributed by atoms with Gasteiger partial charge >= 0.3 is 0 Å². The summed E-state index contributed by atoms with van der Waals surface area (Å²) in [6.45, 7) is 0.669. The fourth-order valence-corrected chi connectivity index (χ4v) is 4.26. The Hall–Kier alpha value is -1.81. The molecule has 1 atom stereocenters.